The Balaban J connectivity index is 2.28. The first-order valence-electron chi connectivity index (χ1n) is 7.29. The summed E-state index contributed by atoms with van der Waals surface area (Å²) in [6, 6.07) is 4.15. The van der Waals surface area contributed by atoms with Crippen LogP contribution in [0.4, 0.5) is 4.39 Å². The summed E-state index contributed by atoms with van der Waals surface area (Å²) >= 11 is 0. The van der Waals surface area contributed by atoms with Crippen molar-refractivity contribution >= 4 is 10.0 Å². The third-order valence-electron chi connectivity index (χ3n) is 3.63. The molecule has 0 saturated carbocycles. The van der Waals surface area contributed by atoms with Crippen LogP contribution in [0.25, 0.3) is 0 Å². The first kappa shape index (κ1) is 17.3. The van der Waals surface area contributed by atoms with Crippen LogP contribution in [0, 0.1) is 18.7 Å². The number of hydrogen-bond donors (Lipinski definition) is 0. The van der Waals surface area contributed by atoms with E-state index in [4.69, 9.17) is 4.74 Å². The van der Waals surface area contributed by atoms with Crippen molar-refractivity contribution in [2.45, 2.75) is 11.8 Å². The minimum Gasteiger partial charge on any atom is -0.380 e. The van der Waals surface area contributed by atoms with Crippen molar-refractivity contribution in [2.24, 2.45) is 5.92 Å². The molecule has 0 aliphatic carbocycles. The van der Waals surface area contributed by atoms with Crippen LogP contribution >= 0.6 is 0 Å². The zero-order valence-corrected chi connectivity index (χ0v) is 14.1. The molecule has 0 radical (unpaired) electrons. The molecule has 1 aromatic carbocycles. The van der Waals surface area contributed by atoms with Gasteiger partial charge in [-0.25, -0.2) is 12.8 Å². The van der Waals surface area contributed by atoms with Gasteiger partial charge in [0.2, 0.25) is 10.0 Å². The number of rotatable bonds is 4. The number of aryl methyl sites for hydroxylation is 1. The molecule has 0 aromatic heterocycles. The Labute approximate surface area is 131 Å². The maximum absolute atomic E-state index is 14.0. The second-order valence-electron chi connectivity index (χ2n) is 6.00. The third-order valence-corrected chi connectivity index (χ3v) is 5.51. The fraction of sp³-hybridized carbons (Fsp3) is 0.600. The van der Waals surface area contributed by atoms with Gasteiger partial charge in [0.1, 0.15) is 10.7 Å². The van der Waals surface area contributed by atoms with E-state index in [1.54, 1.807) is 13.0 Å². The number of hydrogen-bond acceptors (Lipinski definition) is 4. The predicted molar refractivity (Wildman–Crippen MR) is 82.8 cm³/mol. The molecule has 1 aliphatic rings. The molecule has 1 unspecified atom stereocenters. The predicted octanol–water partition coefficient (Wildman–Crippen LogP) is 1.33. The summed E-state index contributed by atoms with van der Waals surface area (Å²) in [4.78, 5) is 1.75. The second kappa shape index (κ2) is 7.04. The molecule has 1 heterocycles. The van der Waals surface area contributed by atoms with Gasteiger partial charge >= 0.3 is 0 Å². The van der Waals surface area contributed by atoms with Crippen LogP contribution in [0.15, 0.2) is 23.1 Å². The van der Waals surface area contributed by atoms with E-state index in [0.717, 1.165) is 12.1 Å². The summed E-state index contributed by atoms with van der Waals surface area (Å²) in [5.74, 6) is -0.639. The van der Waals surface area contributed by atoms with Gasteiger partial charge < -0.3 is 9.64 Å². The lowest BCUT2D eigenvalue weighted by Crippen LogP contribution is -2.39. The molecule has 0 spiro atoms. The van der Waals surface area contributed by atoms with Crippen molar-refractivity contribution < 1.29 is 17.5 Å². The maximum Gasteiger partial charge on any atom is 0.246 e. The van der Waals surface area contributed by atoms with E-state index in [1.807, 2.05) is 19.0 Å². The number of sulfonamides is 1. The van der Waals surface area contributed by atoms with Crippen LogP contribution in [0.2, 0.25) is 0 Å². The van der Waals surface area contributed by atoms with Gasteiger partial charge in [0.25, 0.3) is 0 Å². The fourth-order valence-corrected chi connectivity index (χ4v) is 4.29. The van der Waals surface area contributed by atoms with E-state index in [-0.39, 0.29) is 17.4 Å². The molecule has 0 bridgehead atoms. The lowest BCUT2D eigenvalue weighted by molar-refractivity contribution is 0.113. The van der Waals surface area contributed by atoms with E-state index >= 15 is 0 Å². The van der Waals surface area contributed by atoms with Gasteiger partial charge in [-0.1, -0.05) is 6.07 Å². The molecule has 2 rings (SSSR count). The third kappa shape index (κ3) is 4.04. The molecule has 1 aliphatic heterocycles. The van der Waals surface area contributed by atoms with Gasteiger partial charge in [0, 0.05) is 25.6 Å². The normalized spacial score (nSPS) is 21.0. The van der Waals surface area contributed by atoms with Crippen molar-refractivity contribution in [3.05, 3.63) is 29.6 Å². The molecule has 0 N–H and O–H groups in total. The lowest BCUT2D eigenvalue weighted by Gasteiger charge is -2.25. The van der Waals surface area contributed by atoms with Crippen LogP contribution in [0.1, 0.15) is 5.56 Å². The van der Waals surface area contributed by atoms with Crippen LogP contribution in [-0.2, 0) is 14.8 Å². The lowest BCUT2D eigenvalue weighted by atomic mass is 10.1. The fourth-order valence-electron chi connectivity index (χ4n) is 2.64. The number of ether oxygens (including phenoxy) is 1. The van der Waals surface area contributed by atoms with Gasteiger partial charge in [-0.3, -0.25) is 0 Å². The molecule has 7 heteroatoms. The topological polar surface area (TPSA) is 49.9 Å². The van der Waals surface area contributed by atoms with E-state index < -0.39 is 15.8 Å². The smallest absolute Gasteiger partial charge is 0.246 e. The molecule has 1 aromatic rings. The molecule has 1 fully saturated rings. The van der Waals surface area contributed by atoms with Crippen molar-refractivity contribution in [3.8, 4) is 0 Å². The van der Waals surface area contributed by atoms with Crippen LogP contribution < -0.4 is 0 Å². The highest BCUT2D eigenvalue weighted by molar-refractivity contribution is 7.89. The summed E-state index contributed by atoms with van der Waals surface area (Å²) in [7, 11) is 0.0215. The molecule has 22 heavy (non-hydrogen) atoms. The summed E-state index contributed by atoms with van der Waals surface area (Å²) in [5.41, 5.74) is 0.718. The van der Waals surface area contributed by atoms with Crippen molar-refractivity contribution in [1.29, 1.82) is 0 Å². The minimum atomic E-state index is -3.85. The quantitative estimate of drug-likeness (QED) is 0.836. The summed E-state index contributed by atoms with van der Waals surface area (Å²) in [5, 5.41) is 0. The van der Waals surface area contributed by atoms with E-state index in [0.29, 0.717) is 19.8 Å². The Morgan fingerprint density at radius 3 is 2.82 bits per heavy atom. The first-order chi connectivity index (χ1) is 10.3. The largest absolute Gasteiger partial charge is 0.380 e. The summed E-state index contributed by atoms with van der Waals surface area (Å²) < 4.78 is 46.3. The average Bonchev–Trinajstić information content (AvgIpc) is 2.66. The molecule has 5 nitrogen and oxygen atoms in total. The highest BCUT2D eigenvalue weighted by Gasteiger charge is 2.31. The van der Waals surface area contributed by atoms with Crippen molar-refractivity contribution in [3.63, 3.8) is 0 Å². The van der Waals surface area contributed by atoms with Gasteiger partial charge in [0.15, 0.2) is 0 Å². The number of halogens is 1. The van der Waals surface area contributed by atoms with Gasteiger partial charge in [-0.15, -0.1) is 0 Å². The van der Waals surface area contributed by atoms with Gasteiger partial charge in [0.05, 0.1) is 13.2 Å². The van der Waals surface area contributed by atoms with E-state index in [2.05, 4.69) is 0 Å². The number of benzene rings is 1. The van der Waals surface area contributed by atoms with E-state index in [9.17, 15) is 12.8 Å². The Hall–Kier alpha value is -1.02. The zero-order chi connectivity index (χ0) is 16.3. The molecule has 124 valence electrons. The second-order valence-corrected chi connectivity index (χ2v) is 7.91. The number of nitrogens with zero attached hydrogens (tertiary/aromatic N) is 2. The molecule has 0 amide bonds. The first-order valence-corrected chi connectivity index (χ1v) is 8.73. The Morgan fingerprint density at radius 2 is 2.14 bits per heavy atom. The minimum absolute atomic E-state index is 0.0696. The molecular weight excluding hydrogens is 307 g/mol. The zero-order valence-electron chi connectivity index (χ0n) is 13.3. The molecule has 1 saturated heterocycles. The Bertz CT molecular complexity index is 619. The van der Waals surface area contributed by atoms with Crippen LogP contribution in [0.5, 0.6) is 0 Å². The monoisotopic (exact) mass is 330 g/mol. The molecule has 1 atom stereocenters. The highest BCUT2D eigenvalue weighted by Crippen LogP contribution is 2.23. The Morgan fingerprint density at radius 1 is 1.41 bits per heavy atom. The van der Waals surface area contributed by atoms with Crippen molar-refractivity contribution in [2.75, 3.05) is 46.9 Å². The van der Waals surface area contributed by atoms with Crippen molar-refractivity contribution in [1.82, 2.24) is 9.21 Å². The maximum atomic E-state index is 14.0. The average molecular weight is 330 g/mol. The summed E-state index contributed by atoms with van der Waals surface area (Å²) in [6.07, 6.45) is 0. The Kier molecular flexibility index (Phi) is 5.55. The summed E-state index contributed by atoms with van der Waals surface area (Å²) in [6.45, 7) is 3.91. The standard InChI is InChI=1S/C15H23FN2O3S/c1-12-4-5-14(16)15(8-12)22(19,20)18-6-7-21-11-13(10-18)9-17(2)3/h4-5,8,13H,6-7,9-11H2,1-3H3. The highest BCUT2D eigenvalue weighted by atomic mass is 32.2. The van der Waals surface area contributed by atoms with E-state index in [1.165, 1.54) is 16.4 Å². The van der Waals surface area contributed by atoms with Crippen LogP contribution in [0.3, 0.4) is 0 Å². The van der Waals surface area contributed by atoms with Gasteiger partial charge in [-0.05, 0) is 38.7 Å². The van der Waals surface area contributed by atoms with Crippen LogP contribution in [-0.4, -0.2) is 64.6 Å². The SMILES string of the molecule is Cc1ccc(F)c(S(=O)(=O)N2CCOCC(CN(C)C)C2)c1. The van der Waals surface area contributed by atoms with Gasteiger partial charge in [-0.2, -0.15) is 4.31 Å². The molecular formula is C15H23FN2O3S.